The van der Waals surface area contributed by atoms with Crippen LogP contribution in [-0.2, 0) is 26.9 Å². The minimum absolute atomic E-state index is 0.0352. The van der Waals surface area contributed by atoms with E-state index in [0.717, 1.165) is 24.0 Å². The van der Waals surface area contributed by atoms with Gasteiger partial charge in [0.15, 0.2) is 5.60 Å². The quantitative estimate of drug-likeness (QED) is 0.417. The van der Waals surface area contributed by atoms with E-state index < -0.39 is 23.7 Å². The van der Waals surface area contributed by atoms with Gasteiger partial charge in [-0.2, -0.15) is 0 Å². The van der Waals surface area contributed by atoms with Gasteiger partial charge in [0.2, 0.25) is 0 Å². The molecule has 1 aliphatic heterocycles. The molecule has 9 heteroatoms. The Morgan fingerprint density at radius 1 is 1.05 bits per heavy atom. The molecule has 2 heterocycles. The van der Waals surface area contributed by atoms with Crippen molar-refractivity contribution >= 4 is 28.0 Å². The first-order valence-electron chi connectivity index (χ1n) is 13.0. The van der Waals surface area contributed by atoms with Crippen LogP contribution in [0.5, 0.6) is 0 Å². The lowest BCUT2D eigenvalue weighted by atomic mass is 9.77. The number of likely N-dealkylation sites (tertiary alicyclic amines) is 1. The molecule has 1 N–H and O–H groups in total. The van der Waals surface area contributed by atoms with Gasteiger partial charge in [0.25, 0.3) is 0 Å². The lowest BCUT2D eigenvalue weighted by molar-refractivity contribution is -0.162. The van der Waals surface area contributed by atoms with Crippen LogP contribution in [0.25, 0.3) is 11.1 Å². The predicted octanol–water partition coefficient (Wildman–Crippen LogP) is 5.45. The average Bonchev–Trinajstić information content (AvgIpc) is 3.67. The standard InChI is InChI=1S/C29H30BrN3O5/c1-32-16-24(30)31-26(32)29(38-18-25(34)35)14-15-33(28(29)12-6-7-13-28)27(36)37-17-23-21-10-4-2-8-19(21)20-9-3-5-11-22(20)23/h2-5,8-11,16,23H,6-7,12-15,17-18H2,1H3,(H,34,35). The Hall–Kier alpha value is -3.17. The number of ether oxygens (including phenoxy) is 2. The molecule has 1 atom stereocenters. The lowest BCUT2D eigenvalue weighted by Gasteiger charge is -2.45. The number of hydrogen-bond acceptors (Lipinski definition) is 5. The van der Waals surface area contributed by atoms with Crippen molar-refractivity contribution in [2.45, 2.75) is 49.2 Å². The zero-order valence-corrected chi connectivity index (χ0v) is 22.8. The van der Waals surface area contributed by atoms with Crippen LogP contribution in [0.1, 0.15) is 55.0 Å². The van der Waals surface area contributed by atoms with E-state index in [2.05, 4.69) is 40.2 Å². The lowest BCUT2D eigenvalue weighted by Crippen LogP contribution is -2.58. The molecule has 2 fully saturated rings. The molecule has 8 nitrogen and oxygen atoms in total. The van der Waals surface area contributed by atoms with Crippen molar-refractivity contribution in [1.82, 2.24) is 14.5 Å². The molecule has 0 radical (unpaired) electrons. The Morgan fingerprint density at radius 2 is 1.68 bits per heavy atom. The Kier molecular flexibility index (Phi) is 6.31. The zero-order chi connectivity index (χ0) is 26.5. The number of carboxylic acids is 1. The summed E-state index contributed by atoms with van der Waals surface area (Å²) in [5.41, 5.74) is 2.90. The number of imidazole rings is 1. The van der Waals surface area contributed by atoms with Gasteiger partial charge in [-0.3, -0.25) is 4.90 Å². The Labute approximate surface area is 229 Å². The molecule has 3 aliphatic rings. The maximum atomic E-state index is 13.8. The first-order valence-corrected chi connectivity index (χ1v) is 13.8. The normalized spacial score (nSPS) is 21.6. The van der Waals surface area contributed by atoms with Gasteiger partial charge in [0.05, 0.1) is 5.54 Å². The van der Waals surface area contributed by atoms with Gasteiger partial charge in [0.1, 0.15) is 23.6 Å². The van der Waals surface area contributed by atoms with Gasteiger partial charge in [-0.15, -0.1) is 0 Å². The summed E-state index contributed by atoms with van der Waals surface area (Å²) in [5.74, 6) is -0.459. The highest BCUT2D eigenvalue weighted by atomic mass is 79.9. The number of carboxylic acid groups (broad SMARTS) is 1. The van der Waals surface area contributed by atoms with E-state index in [4.69, 9.17) is 14.5 Å². The highest BCUT2D eigenvalue weighted by molar-refractivity contribution is 9.10. The van der Waals surface area contributed by atoms with Gasteiger partial charge >= 0.3 is 12.1 Å². The summed E-state index contributed by atoms with van der Waals surface area (Å²) in [5, 5.41) is 9.52. The fourth-order valence-electron chi connectivity index (χ4n) is 7.09. The Morgan fingerprint density at radius 3 is 2.26 bits per heavy atom. The van der Waals surface area contributed by atoms with Gasteiger partial charge in [-0.1, -0.05) is 61.4 Å². The molecular formula is C29H30BrN3O5. The molecule has 3 aromatic rings. The molecule has 2 aliphatic carbocycles. The van der Waals surface area contributed by atoms with E-state index in [1.165, 1.54) is 11.1 Å². The monoisotopic (exact) mass is 579 g/mol. The minimum atomic E-state index is -1.05. The third-order valence-electron chi connectivity index (χ3n) is 8.59. The van der Waals surface area contributed by atoms with Crippen molar-refractivity contribution < 1.29 is 24.2 Å². The maximum Gasteiger partial charge on any atom is 0.410 e. The number of carbonyl (C=O) groups excluding carboxylic acids is 1. The number of aromatic nitrogens is 2. The van der Waals surface area contributed by atoms with Crippen molar-refractivity contribution in [2.24, 2.45) is 7.05 Å². The topological polar surface area (TPSA) is 93.9 Å². The molecule has 1 amide bonds. The molecule has 1 saturated carbocycles. The van der Waals surface area contributed by atoms with E-state index in [0.29, 0.717) is 36.2 Å². The van der Waals surface area contributed by atoms with Crippen molar-refractivity contribution in [2.75, 3.05) is 19.8 Å². The van der Waals surface area contributed by atoms with Crippen LogP contribution in [0.4, 0.5) is 4.79 Å². The summed E-state index contributed by atoms with van der Waals surface area (Å²) in [6.07, 6.45) is 5.11. The number of benzene rings is 2. The van der Waals surface area contributed by atoms with Crippen LogP contribution in [-0.4, -0.2) is 56.9 Å². The highest BCUT2D eigenvalue weighted by Crippen LogP contribution is 2.56. The fraction of sp³-hybridized carbons (Fsp3) is 0.414. The summed E-state index contributed by atoms with van der Waals surface area (Å²) >= 11 is 3.46. The minimum Gasteiger partial charge on any atom is -0.480 e. The zero-order valence-electron chi connectivity index (χ0n) is 21.2. The number of nitrogens with zero attached hydrogens (tertiary/aromatic N) is 3. The third kappa shape index (κ3) is 3.78. The van der Waals surface area contributed by atoms with Crippen molar-refractivity contribution in [3.8, 4) is 11.1 Å². The summed E-state index contributed by atoms with van der Waals surface area (Å²) in [6, 6.07) is 16.5. The highest BCUT2D eigenvalue weighted by Gasteiger charge is 2.65. The van der Waals surface area contributed by atoms with E-state index in [1.54, 1.807) is 4.90 Å². The number of carbonyl (C=O) groups is 2. The van der Waals surface area contributed by atoms with Crippen molar-refractivity contribution in [1.29, 1.82) is 0 Å². The molecule has 1 saturated heterocycles. The predicted molar refractivity (Wildman–Crippen MR) is 144 cm³/mol. The second-order valence-electron chi connectivity index (χ2n) is 10.5. The number of halogens is 1. The van der Waals surface area contributed by atoms with Crippen LogP contribution in [0.2, 0.25) is 0 Å². The summed E-state index contributed by atoms with van der Waals surface area (Å²) in [4.78, 5) is 32.0. The number of aliphatic carboxylic acids is 1. The smallest absolute Gasteiger partial charge is 0.410 e. The van der Waals surface area contributed by atoms with E-state index >= 15 is 0 Å². The number of amides is 1. The first kappa shape index (κ1) is 25.1. The number of hydrogen-bond donors (Lipinski definition) is 1. The third-order valence-corrected chi connectivity index (χ3v) is 8.98. The molecule has 1 spiro atoms. The SMILES string of the molecule is Cn1cc(Br)nc1C1(OCC(=O)O)CCN(C(=O)OCC2c3ccccc3-c3ccccc32)C12CCCC2. The fourth-order valence-corrected chi connectivity index (χ4v) is 7.56. The van der Waals surface area contributed by atoms with Gasteiger partial charge in [-0.05, 0) is 51.0 Å². The largest absolute Gasteiger partial charge is 0.480 e. The maximum absolute atomic E-state index is 13.8. The average molecular weight is 580 g/mol. The summed E-state index contributed by atoms with van der Waals surface area (Å²) < 4.78 is 14.9. The molecule has 2 aromatic carbocycles. The van der Waals surface area contributed by atoms with Gasteiger partial charge < -0.3 is 19.1 Å². The second-order valence-corrected chi connectivity index (χ2v) is 11.3. The van der Waals surface area contributed by atoms with Crippen molar-refractivity contribution in [3.63, 3.8) is 0 Å². The number of aryl methyl sites for hydroxylation is 1. The number of fused-ring (bicyclic) bond motifs is 3. The van der Waals surface area contributed by atoms with Crippen LogP contribution in [0.3, 0.4) is 0 Å². The van der Waals surface area contributed by atoms with Crippen LogP contribution in [0.15, 0.2) is 59.3 Å². The molecule has 1 unspecified atom stereocenters. The van der Waals surface area contributed by atoms with Crippen LogP contribution in [0, 0.1) is 0 Å². The Bertz CT molecular complexity index is 1350. The first-order chi connectivity index (χ1) is 18.4. The molecular weight excluding hydrogens is 550 g/mol. The second kappa shape index (κ2) is 9.54. The molecule has 1 aromatic heterocycles. The van der Waals surface area contributed by atoms with Crippen LogP contribution < -0.4 is 0 Å². The van der Waals surface area contributed by atoms with Gasteiger partial charge in [0, 0.05) is 32.1 Å². The molecule has 6 rings (SSSR count). The van der Waals surface area contributed by atoms with Gasteiger partial charge in [-0.25, -0.2) is 14.6 Å². The summed E-state index contributed by atoms with van der Waals surface area (Å²) in [7, 11) is 1.87. The van der Waals surface area contributed by atoms with E-state index in [-0.39, 0.29) is 18.6 Å². The molecule has 38 heavy (non-hydrogen) atoms. The van der Waals surface area contributed by atoms with Crippen LogP contribution >= 0.6 is 15.9 Å². The van der Waals surface area contributed by atoms with E-state index in [9.17, 15) is 14.7 Å². The van der Waals surface area contributed by atoms with E-state index in [1.807, 2.05) is 42.1 Å². The van der Waals surface area contributed by atoms with Crippen molar-refractivity contribution in [3.05, 3.63) is 76.3 Å². The number of rotatable bonds is 6. The molecule has 0 bridgehead atoms. The Balaban J connectivity index is 1.31. The summed E-state index contributed by atoms with van der Waals surface area (Å²) in [6.45, 7) is 0.169. The molecule has 198 valence electrons.